The number of carbonyl (C=O) groups excluding carboxylic acids is 2. The number of ether oxygens (including phenoxy) is 1. The van der Waals surface area contributed by atoms with Gasteiger partial charge in [0.1, 0.15) is 11.4 Å². The molecule has 0 bridgehead atoms. The molecule has 1 spiro atoms. The van der Waals surface area contributed by atoms with Crippen LogP contribution in [0, 0.1) is 5.41 Å². The van der Waals surface area contributed by atoms with Crippen LogP contribution in [-0.4, -0.2) is 65.7 Å². The van der Waals surface area contributed by atoms with Crippen LogP contribution in [0.2, 0.25) is 0 Å². The number of benzene rings is 1. The minimum Gasteiger partial charge on any atom is -0.444 e. The third kappa shape index (κ3) is 3.67. The molecule has 0 unspecified atom stereocenters. The molecule has 1 aromatic heterocycles. The number of rotatable bonds is 2. The van der Waals surface area contributed by atoms with Crippen molar-refractivity contribution in [2.45, 2.75) is 39.2 Å². The zero-order chi connectivity index (χ0) is 22.7. The summed E-state index contributed by atoms with van der Waals surface area (Å²) >= 11 is 0. The van der Waals surface area contributed by atoms with Gasteiger partial charge >= 0.3 is 6.09 Å². The highest BCUT2D eigenvalue weighted by Gasteiger charge is 2.54. The number of aromatic nitrogens is 2. The topological polar surface area (TPSA) is 78.9 Å². The first kappa shape index (κ1) is 20.7. The highest BCUT2D eigenvalue weighted by Crippen LogP contribution is 2.42. The maximum atomic E-state index is 12.2. The number of hydrogen-bond donors (Lipinski definition) is 0. The van der Waals surface area contributed by atoms with E-state index in [4.69, 9.17) is 9.72 Å². The minimum absolute atomic E-state index is 0.136. The molecular formula is C24H29N5O3. The second-order valence-electron chi connectivity index (χ2n) is 10.3. The van der Waals surface area contributed by atoms with E-state index in [1.165, 1.54) is 0 Å². The maximum Gasteiger partial charge on any atom is 0.410 e. The van der Waals surface area contributed by atoms with Crippen molar-refractivity contribution in [3.63, 3.8) is 0 Å². The molecule has 0 N–H and O–H groups in total. The van der Waals surface area contributed by atoms with E-state index in [2.05, 4.69) is 16.0 Å². The molecule has 3 aliphatic rings. The summed E-state index contributed by atoms with van der Waals surface area (Å²) in [6, 6.07) is 6.12. The Morgan fingerprint density at radius 1 is 1.09 bits per heavy atom. The Kier molecular flexibility index (Phi) is 4.65. The van der Waals surface area contributed by atoms with E-state index in [9.17, 15) is 9.59 Å². The van der Waals surface area contributed by atoms with E-state index < -0.39 is 5.60 Å². The SMILES string of the molecule is CN1C(=O)CCc2cc(-c3cncc(N4CC5(CN(C(=O)OC(C)(C)C)C5)C4)n3)ccc21. The summed E-state index contributed by atoms with van der Waals surface area (Å²) in [5.74, 6) is 1.01. The highest BCUT2D eigenvalue weighted by molar-refractivity contribution is 5.96. The first-order valence-electron chi connectivity index (χ1n) is 11.1. The molecule has 5 rings (SSSR count). The number of fused-ring (bicyclic) bond motifs is 1. The normalized spacial score (nSPS) is 19.4. The largest absolute Gasteiger partial charge is 0.444 e. The maximum absolute atomic E-state index is 12.2. The molecule has 32 heavy (non-hydrogen) atoms. The summed E-state index contributed by atoms with van der Waals surface area (Å²) in [6.07, 6.45) is 4.64. The Hall–Kier alpha value is -3.16. The molecule has 8 nitrogen and oxygen atoms in total. The molecule has 2 saturated heterocycles. The molecule has 2 amide bonds. The smallest absolute Gasteiger partial charge is 0.410 e. The van der Waals surface area contributed by atoms with E-state index in [-0.39, 0.29) is 17.4 Å². The number of carbonyl (C=O) groups is 2. The number of aryl methyl sites for hydroxylation is 1. The van der Waals surface area contributed by atoms with Crippen LogP contribution in [0.25, 0.3) is 11.3 Å². The van der Waals surface area contributed by atoms with Gasteiger partial charge in [-0.2, -0.15) is 0 Å². The molecule has 2 fully saturated rings. The summed E-state index contributed by atoms with van der Waals surface area (Å²) < 4.78 is 5.46. The van der Waals surface area contributed by atoms with Crippen molar-refractivity contribution in [1.29, 1.82) is 0 Å². The van der Waals surface area contributed by atoms with Crippen LogP contribution in [-0.2, 0) is 16.0 Å². The Labute approximate surface area is 188 Å². The van der Waals surface area contributed by atoms with Crippen LogP contribution in [0.5, 0.6) is 0 Å². The van der Waals surface area contributed by atoms with Gasteiger partial charge in [-0.15, -0.1) is 0 Å². The first-order chi connectivity index (χ1) is 15.1. The molecule has 2 aromatic rings. The van der Waals surface area contributed by atoms with E-state index >= 15 is 0 Å². The summed E-state index contributed by atoms with van der Waals surface area (Å²) in [5.41, 5.74) is 3.64. The van der Waals surface area contributed by atoms with Crippen molar-refractivity contribution in [1.82, 2.24) is 14.9 Å². The predicted octanol–water partition coefficient (Wildman–Crippen LogP) is 3.11. The van der Waals surface area contributed by atoms with Gasteiger partial charge in [0, 0.05) is 56.3 Å². The van der Waals surface area contributed by atoms with Crippen LogP contribution in [0.3, 0.4) is 0 Å². The molecule has 3 aliphatic heterocycles. The average Bonchev–Trinajstić information content (AvgIpc) is 2.67. The number of likely N-dealkylation sites (tertiary alicyclic amines) is 1. The molecule has 4 heterocycles. The molecule has 1 aromatic carbocycles. The fraction of sp³-hybridized carbons (Fsp3) is 0.500. The third-order valence-electron chi connectivity index (χ3n) is 6.42. The summed E-state index contributed by atoms with van der Waals surface area (Å²) in [7, 11) is 1.82. The zero-order valence-corrected chi connectivity index (χ0v) is 19.1. The van der Waals surface area contributed by atoms with Gasteiger partial charge in [-0.25, -0.2) is 9.78 Å². The molecule has 0 saturated carbocycles. The second-order valence-corrected chi connectivity index (χ2v) is 10.3. The molecule has 0 radical (unpaired) electrons. The van der Waals surface area contributed by atoms with Gasteiger partial charge in [-0.05, 0) is 44.9 Å². The molecule has 168 valence electrons. The monoisotopic (exact) mass is 435 g/mol. The van der Waals surface area contributed by atoms with Gasteiger partial charge in [0.25, 0.3) is 0 Å². The van der Waals surface area contributed by atoms with Crippen molar-refractivity contribution in [2.24, 2.45) is 5.41 Å². The van der Waals surface area contributed by atoms with Gasteiger partial charge in [-0.3, -0.25) is 9.78 Å². The predicted molar refractivity (Wildman–Crippen MR) is 122 cm³/mol. The van der Waals surface area contributed by atoms with Crippen molar-refractivity contribution in [3.05, 3.63) is 36.2 Å². The fourth-order valence-corrected chi connectivity index (χ4v) is 4.81. The lowest BCUT2D eigenvalue weighted by atomic mass is 9.73. The molecule has 8 heteroatoms. The van der Waals surface area contributed by atoms with E-state index in [1.807, 2.05) is 40.0 Å². The zero-order valence-electron chi connectivity index (χ0n) is 19.1. The standard InChI is InChI=1S/C24H29N5O3/c1-23(2,3)32-22(31)29-14-24(15-29)12-28(13-24)20-11-25-10-18(26-20)16-5-7-19-17(9-16)6-8-21(30)27(19)4/h5,7,9-11H,6,8,12-15H2,1-4H3. The van der Waals surface area contributed by atoms with Gasteiger partial charge in [0.2, 0.25) is 5.91 Å². The third-order valence-corrected chi connectivity index (χ3v) is 6.42. The average molecular weight is 436 g/mol. The van der Waals surface area contributed by atoms with Gasteiger partial charge in [-0.1, -0.05) is 6.07 Å². The molecule has 0 atom stereocenters. The number of nitrogens with zero attached hydrogens (tertiary/aromatic N) is 5. The van der Waals surface area contributed by atoms with Gasteiger partial charge < -0.3 is 19.4 Å². The minimum atomic E-state index is -0.469. The van der Waals surface area contributed by atoms with Crippen LogP contribution in [0.15, 0.2) is 30.6 Å². The van der Waals surface area contributed by atoms with Crippen LogP contribution in [0.1, 0.15) is 32.8 Å². The second kappa shape index (κ2) is 7.18. The lowest BCUT2D eigenvalue weighted by Crippen LogP contribution is -2.73. The quantitative estimate of drug-likeness (QED) is 0.721. The summed E-state index contributed by atoms with van der Waals surface area (Å²) in [5, 5.41) is 0. The van der Waals surface area contributed by atoms with E-state index in [1.54, 1.807) is 22.2 Å². The van der Waals surface area contributed by atoms with Crippen molar-refractivity contribution >= 4 is 23.5 Å². The lowest BCUT2D eigenvalue weighted by Gasteiger charge is -2.60. The van der Waals surface area contributed by atoms with Crippen molar-refractivity contribution in [3.8, 4) is 11.3 Å². The van der Waals surface area contributed by atoms with Crippen LogP contribution >= 0.6 is 0 Å². The Bertz CT molecular complexity index is 1080. The van der Waals surface area contributed by atoms with E-state index in [0.29, 0.717) is 6.42 Å². The van der Waals surface area contributed by atoms with Crippen LogP contribution < -0.4 is 9.80 Å². The summed E-state index contributed by atoms with van der Waals surface area (Å²) in [4.78, 5) is 39.1. The van der Waals surface area contributed by atoms with Crippen LogP contribution in [0.4, 0.5) is 16.3 Å². The number of anilines is 2. The van der Waals surface area contributed by atoms with Crippen molar-refractivity contribution in [2.75, 3.05) is 43.0 Å². The lowest BCUT2D eigenvalue weighted by molar-refractivity contribution is -0.118. The summed E-state index contributed by atoms with van der Waals surface area (Å²) in [6.45, 7) is 8.83. The Morgan fingerprint density at radius 2 is 1.84 bits per heavy atom. The molecule has 0 aliphatic carbocycles. The van der Waals surface area contributed by atoms with Crippen molar-refractivity contribution < 1.29 is 14.3 Å². The van der Waals surface area contributed by atoms with Gasteiger partial charge in [0.05, 0.1) is 18.1 Å². The van der Waals surface area contributed by atoms with Gasteiger partial charge in [0.15, 0.2) is 0 Å². The highest BCUT2D eigenvalue weighted by atomic mass is 16.6. The van der Waals surface area contributed by atoms with E-state index in [0.717, 1.165) is 60.9 Å². The number of hydrogen-bond acceptors (Lipinski definition) is 6. The Balaban J connectivity index is 1.24. The Morgan fingerprint density at radius 3 is 2.56 bits per heavy atom. The molecular weight excluding hydrogens is 406 g/mol. The first-order valence-corrected chi connectivity index (χ1v) is 11.1. The number of amides is 2. The fourth-order valence-electron chi connectivity index (χ4n) is 4.81.